The number of aliphatic carboxylic acids is 1. The van der Waals surface area contributed by atoms with Gasteiger partial charge in [-0.25, -0.2) is 0 Å². The summed E-state index contributed by atoms with van der Waals surface area (Å²) in [5, 5.41) is 8.51. The first-order valence-electron chi connectivity index (χ1n) is 4.39. The van der Waals surface area contributed by atoms with Crippen molar-refractivity contribution in [3.05, 3.63) is 29.8 Å². The molecule has 0 aliphatic rings. The van der Waals surface area contributed by atoms with Crippen LogP contribution >= 0.6 is 0 Å². The van der Waals surface area contributed by atoms with Gasteiger partial charge in [-0.05, 0) is 24.1 Å². The van der Waals surface area contributed by atoms with Crippen LogP contribution in [0.3, 0.4) is 0 Å². The van der Waals surface area contributed by atoms with Gasteiger partial charge in [0.05, 0.1) is 6.42 Å². The lowest BCUT2D eigenvalue weighted by molar-refractivity contribution is -0.137. The molecule has 0 aromatic heterocycles. The standard InChI is InChI=1S/C10H14N2O2/c11-8-3-1-7(2-4-8)5-9(12)6-10(13)14/h1-4,9H,5-6,11-12H2,(H,13,14)/t9-/m0/s1. The highest BCUT2D eigenvalue weighted by Crippen LogP contribution is 2.08. The molecule has 4 nitrogen and oxygen atoms in total. The molecule has 0 aliphatic heterocycles. The van der Waals surface area contributed by atoms with Crippen LogP contribution in [0.15, 0.2) is 24.3 Å². The van der Waals surface area contributed by atoms with Crippen LogP contribution in [-0.2, 0) is 11.2 Å². The first kappa shape index (κ1) is 10.5. The van der Waals surface area contributed by atoms with Crippen molar-refractivity contribution in [1.29, 1.82) is 0 Å². The Balaban J connectivity index is 2.51. The summed E-state index contributed by atoms with van der Waals surface area (Å²) in [7, 11) is 0. The Morgan fingerprint density at radius 1 is 1.36 bits per heavy atom. The Morgan fingerprint density at radius 2 is 1.93 bits per heavy atom. The minimum atomic E-state index is -0.868. The number of carboxylic acid groups (broad SMARTS) is 1. The van der Waals surface area contributed by atoms with Gasteiger partial charge < -0.3 is 16.6 Å². The largest absolute Gasteiger partial charge is 0.481 e. The number of hydrogen-bond acceptors (Lipinski definition) is 3. The highest BCUT2D eigenvalue weighted by Gasteiger charge is 2.08. The Hall–Kier alpha value is -1.55. The fourth-order valence-electron chi connectivity index (χ4n) is 1.25. The molecule has 0 heterocycles. The van der Waals surface area contributed by atoms with Gasteiger partial charge in [0, 0.05) is 11.7 Å². The summed E-state index contributed by atoms with van der Waals surface area (Å²) >= 11 is 0. The smallest absolute Gasteiger partial charge is 0.304 e. The molecule has 14 heavy (non-hydrogen) atoms. The highest BCUT2D eigenvalue weighted by atomic mass is 16.4. The van der Waals surface area contributed by atoms with Crippen LogP contribution in [0.5, 0.6) is 0 Å². The Bertz CT molecular complexity index is 308. The second-order valence-corrected chi connectivity index (χ2v) is 3.30. The minimum absolute atomic E-state index is 0.00955. The first-order valence-corrected chi connectivity index (χ1v) is 4.39. The van der Waals surface area contributed by atoms with Crippen LogP contribution in [0.1, 0.15) is 12.0 Å². The maximum Gasteiger partial charge on any atom is 0.304 e. The summed E-state index contributed by atoms with van der Waals surface area (Å²) in [4.78, 5) is 10.4. The third kappa shape index (κ3) is 3.45. The summed E-state index contributed by atoms with van der Waals surface area (Å²) in [6.07, 6.45) is 0.553. The van der Waals surface area contributed by atoms with E-state index in [1.165, 1.54) is 0 Å². The Morgan fingerprint density at radius 3 is 2.43 bits per heavy atom. The third-order valence-electron chi connectivity index (χ3n) is 1.91. The van der Waals surface area contributed by atoms with Crippen LogP contribution in [0.4, 0.5) is 5.69 Å². The van der Waals surface area contributed by atoms with E-state index in [4.69, 9.17) is 16.6 Å². The number of benzene rings is 1. The summed E-state index contributed by atoms with van der Waals surface area (Å²) in [6.45, 7) is 0. The van der Waals surface area contributed by atoms with Crippen molar-refractivity contribution in [2.75, 3.05) is 5.73 Å². The zero-order valence-electron chi connectivity index (χ0n) is 7.81. The Labute approximate surface area is 82.5 Å². The predicted molar refractivity (Wildman–Crippen MR) is 54.8 cm³/mol. The molecule has 1 rings (SSSR count). The molecule has 0 saturated heterocycles. The lowest BCUT2D eigenvalue weighted by Crippen LogP contribution is -2.26. The summed E-state index contributed by atoms with van der Waals surface area (Å²) in [5.74, 6) is -0.868. The molecule has 1 aromatic rings. The van der Waals surface area contributed by atoms with Crippen LogP contribution in [0, 0.1) is 0 Å². The molecule has 0 bridgehead atoms. The van der Waals surface area contributed by atoms with E-state index in [9.17, 15) is 4.79 Å². The number of rotatable bonds is 4. The van der Waals surface area contributed by atoms with E-state index in [2.05, 4.69) is 0 Å². The number of anilines is 1. The molecule has 0 amide bonds. The van der Waals surface area contributed by atoms with Gasteiger partial charge in [-0.15, -0.1) is 0 Å². The maximum absolute atomic E-state index is 10.4. The molecule has 0 radical (unpaired) electrons. The normalized spacial score (nSPS) is 12.4. The van der Waals surface area contributed by atoms with Crippen molar-refractivity contribution in [3.8, 4) is 0 Å². The number of carboxylic acids is 1. The molecular formula is C10H14N2O2. The summed E-state index contributed by atoms with van der Waals surface area (Å²) in [5.41, 5.74) is 12.8. The quantitative estimate of drug-likeness (QED) is 0.613. The molecule has 4 heteroatoms. The molecule has 0 aliphatic carbocycles. The lowest BCUT2D eigenvalue weighted by atomic mass is 10.0. The fraction of sp³-hybridized carbons (Fsp3) is 0.300. The summed E-state index contributed by atoms with van der Waals surface area (Å²) < 4.78 is 0. The second-order valence-electron chi connectivity index (χ2n) is 3.30. The van der Waals surface area contributed by atoms with Crippen molar-refractivity contribution in [3.63, 3.8) is 0 Å². The highest BCUT2D eigenvalue weighted by molar-refractivity contribution is 5.67. The van der Waals surface area contributed by atoms with Crippen molar-refractivity contribution in [2.45, 2.75) is 18.9 Å². The van der Waals surface area contributed by atoms with Gasteiger partial charge in [-0.3, -0.25) is 4.79 Å². The van der Waals surface area contributed by atoms with Gasteiger partial charge in [-0.1, -0.05) is 12.1 Å². The van der Waals surface area contributed by atoms with Crippen LogP contribution in [0.25, 0.3) is 0 Å². The minimum Gasteiger partial charge on any atom is -0.481 e. The average Bonchev–Trinajstić information content (AvgIpc) is 2.07. The van der Waals surface area contributed by atoms with Crippen LogP contribution in [0.2, 0.25) is 0 Å². The van der Waals surface area contributed by atoms with Crippen molar-refractivity contribution < 1.29 is 9.90 Å². The van der Waals surface area contributed by atoms with E-state index in [0.717, 1.165) is 5.56 Å². The summed E-state index contributed by atoms with van der Waals surface area (Å²) in [6, 6.07) is 6.94. The van der Waals surface area contributed by atoms with Crippen LogP contribution in [-0.4, -0.2) is 17.1 Å². The zero-order chi connectivity index (χ0) is 10.6. The maximum atomic E-state index is 10.4. The fourth-order valence-corrected chi connectivity index (χ4v) is 1.25. The molecule has 76 valence electrons. The van der Waals surface area contributed by atoms with E-state index in [0.29, 0.717) is 12.1 Å². The van der Waals surface area contributed by atoms with Gasteiger partial charge in [0.2, 0.25) is 0 Å². The number of hydrogen-bond donors (Lipinski definition) is 3. The molecule has 0 unspecified atom stereocenters. The molecule has 0 fully saturated rings. The van der Waals surface area contributed by atoms with Crippen molar-refractivity contribution >= 4 is 11.7 Å². The molecule has 0 saturated carbocycles. The Kier molecular flexibility index (Phi) is 3.48. The van der Waals surface area contributed by atoms with Crippen LogP contribution < -0.4 is 11.5 Å². The van der Waals surface area contributed by atoms with E-state index >= 15 is 0 Å². The lowest BCUT2D eigenvalue weighted by Gasteiger charge is -2.08. The van der Waals surface area contributed by atoms with E-state index in [-0.39, 0.29) is 12.5 Å². The first-order chi connectivity index (χ1) is 6.58. The SMILES string of the molecule is Nc1ccc(C[C@H](N)CC(=O)O)cc1. The molecular weight excluding hydrogens is 180 g/mol. The average molecular weight is 194 g/mol. The molecule has 1 aromatic carbocycles. The van der Waals surface area contributed by atoms with Crippen molar-refractivity contribution in [1.82, 2.24) is 0 Å². The number of nitrogen functional groups attached to an aromatic ring is 1. The van der Waals surface area contributed by atoms with E-state index in [1.54, 1.807) is 12.1 Å². The van der Waals surface area contributed by atoms with Gasteiger partial charge in [0.25, 0.3) is 0 Å². The van der Waals surface area contributed by atoms with E-state index < -0.39 is 5.97 Å². The van der Waals surface area contributed by atoms with E-state index in [1.807, 2.05) is 12.1 Å². The third-order valence-corrected chi connectivity index (χ3v) is 1.91. The van der Waals surface area contributed by atoms with Gasteiger partial charge >= 0.3 is 5.97 Å². The zero-order valence-corrected chi connectivity index (χ0v) is 7.81. The molecule has 0 spiro atoms. The van der Waals surface area contributed by atoms with Crippen molar-refractivity contribution in [2.24, 2.45) is 5.73 Å². The number of nitrogens with two attached hydrogens (primary N) is 2. The molecule has 5 N–H and O–H groups in total. The van der Waals surface area contributed by atoms with Gasteiger partial charge in [-0.2, -0.15) is 0 Å². The molecule has 1 atom stereocenters. The van der Waals surface area contributed by atoms with Gasteiger partial charge in [0.15, 0.2) is 0 Å². The second kappa shape index (κ2) is 4.62. The monoisotopic (exact) mass is 194 g/mol. The van der Waals surface area contributed by atoms with Gasteiger partial charge in [0.1, 0.15) is 0 Å². The number of carbonyl (C=O) groups is 1. The predicted octanol–water partition coefficient (Wildman–Crippen LogP) is 0.613. The topological polar surface area (TPSA) is 89.3 Å².